The van der Waals surface area contributed by atoms with Gasteiger partial charge in [0.1, 0.15) is 0 Å². The highest BCUT2D eigenvalue weighted by Crippen LogP contribution is 1.85. The predicted octanol–water partition coefficient (Wildman–Crippen LogP) is -0.756. The molecule has 0 radical (unpaired) electrons. The molecule has 0 aromatic rings. The summed E-state index contributed by atoms with van der Waals surface area (Å²) in [5.74, 6) is -0.347. The molecule has 0 aliphatic heterocycles. The number of carbonyl (C=O) groups is 1. The first kappa shape index (κ1) is 14.8. The first-order valence-corrected chi connectivity index (χ1v) is 4.66. The standard InChI is InChI=1S/C5H11NO2.H2O4S/c1-4(2)8-5(7)3-6;1-5(2,3)4/h4H,3,6H2,1-2H3;(H2,1,2,3,4). The predicted molar refractivity (Wildman–Crippen MR) is 44.5 cm³/mol. The smallest absolute Gasteiger partial charge is 0.394 e. The maximum absolute atomic E-state index is 10.3. The summed E-state index contributed by atoms with van der Waals surface area (Å²) in [6, 6.07) is 0. The van der Waals surface area contributed by atoms with E-state index in [0.29, 0.717) is 0 Å². The van der Waals surface area contributed by atoms with Crippen molar-refractivity contribution in [1.29, 1.82) is 0 Å². The molecule has 80 valence electrons. The van der Waals surface area contributed by atoms with Gasteiger partial charge in [0.25, 0.3) is 0 Å². The van der Waals surface area contributed by atoms with Gasteiger partial charge >= 0.3 is 16.4 Å². The molecule has 0 aliphatic carbocycles. The van der Waals surface area contributed by atoms with Crippen LogP contribution in [0.25, 0.3) is 0 Å². The van der Waals surface area contributed by atoms with Gasteiger partial charge in [-0.15, -0.1) is 0 Å². The second kappa shape index (κ2) is 6.78. The Hall–Kier alpha value is -0.700. The van der Waals surface area contributed by atoms with Crippen LogP contribution in [0.15, 0.2) is 0 Å². The molecule has 4 N–H and O–H groups in total. The summed E-state index contributed by atoms with van der Waals surface area (Å²) in [5.41, 5.74) is 4.95. The van der Waals surface area contributed by atoms with Crippen molar-refractivity contribution in [3.63, 3.8) is 0 Å². The number of hydrogen-bond acceptors (Lipinski definition) is 5. The minimum atomic E-state index is -4.67. The number of nitrogens with two attached hydrogens (primary N) is 1. The van der Waals surface area contributed by atoms with E-state index in [9.17, 15) is 4.79 Å². The van der Waals surface area contributed by atoms with Gasteiger partial charge < -0.3 is 10.5 Å². The van der Waals surface area contributed by atoms with Crippen molar-refractivity contribution < 1.29 is 27.1 Å². The van der Waals surface area contributed by atoms with Crippen LogP contribution in [0.4, 0.5) is 0 Å². The summed E-state index contributed by atoms with van der Waals surface area (Å²) in [6.07, 6.45) is -0.0500. The molecule has 0 spiro atoms. The molecule has 0 bridgehead atoms. The van der Waals surface area contributed by atoms with Crippen LogP contribution in [-0.2, 0) is 19.9 Å². The molecule has 0 aromatic heterocycles. The van der Waals surface area contributed by atoms with Crippen molar-refractivity contribution in [2.24, 2.45) is 5.73 Å². The first-order valence-electron chi connectivity index (χ1n) is 3.26. The fourth-order valence-corrected chi connectivity index (χ4v) is 0.311. The van der Waals surface area contributed by atoms with Gasteiger partial charge in [0.15, 0.2) is 0 Å². The second-order valence-corrected chi connectivity index (χ2v) is 3.09. The van der Waals surface area contributed by atoms with Gasteiger partial charge in [-0.2, -0.15) is 8.42 Å². The van der Waals surface area contributed by atoms with E-state index in [1.807, 2.05) is 0 Å². The Balaban J connectivity index is 0. The topological polar surface area (TPSA) is 127 Å². The summed E-state index contributed by atoms with van der Waals surface area (Å²) in [5, 5.41) is 0. The van der Waals surface area contributed by atoms with Gasteiger partial charge in [-0.1, -0.05) is 0 Å². The maximum atomic E-state index is 10.3. The number of esters is 1. The zero-order valence-electron chi connectivity index (χ0n) is 7.30. The van der Waals surface area contributed by atoms with Crippen molar-refractivity contribution in [2.75, 3.05) is 6.54 Å². The molecule has 0 saturated carbocycles. The third kappa shape index (κ3) is 34.8. The number of hydrogen-bond donors (Lipinski definition) is 3. The third-order valence-electron chi connectivity index (χ3n) is 0.534. The normalized spacial score (nSPS) is 10.3. The first-order chi connectivity index (χ1) is 5.66. The van der Waals surface area contributed by atoms with Crippen LogP contribution in [0.3, 0.4) is 0 Å². The molecular weight excluding hydrogens is 202 g/mol. The summed E-state index contributed by atoms with van der Waals surface area (Å²) >= 11 is 0. The van der Waals surface area contributed by atoms with Gasteiger partial charge in [-0.3, -0.25) is 13.9 Å². The van der Waals surface area contributed by atoms with E-state index < -0.39 is 10.4 Å². The fourth-order valence-electron chi connectivity index (χ4n) is 0.311. The average molecular weight is 215 g/mol. The van der Waals surface area contributed by atoms with Crippen LogP contribution in [0.1, 0.15) is 13.8 Å². The minimum absolute atomic E-state index is 0.0296. The zero-order valence-corrected chi connectivity index (χ0v) is 8.11. The Kier molecular flexibility index (Phi) is 7.72. The van der Waals surface area contributed by atoms with Crippen molar-refractivity contribution >= 4 is 16.4 Å². The molecule has 0 rings (SSSR count). The molecule has 0 amide bonds. The lowest BCUT2D eigenvalue weighted by molar-refractivity contribution is -0.145. The van der Waals surface area contributed by atoms with Gasteiger partial charge in [-0.25, -0.2) is 0 Å². The summed E-state index contributed by atoms with van der Waals surface area (Å²) in [6.45, 7) is 3.54. The number of ether oxygens (including phenoxy) is 1. The monoisotopic (exact) mass is 215 g/mol. The van der Waals surface area contributed by atoms with Crippen molar-refractivity contribution in [2.45, 2.75) is 20.0 Å². The van der Waals surface area contributed by atoms with Crippen molar-refractivity contribution in [1.82, 2.24) is 0 Å². The molecule has 0 atom stereocenters. The Morgan fingerprint density at radius 1 is 1.46 bits per heavy atom. The zero-order chi connectivity index (χ0) is 11.1. The average Bonchev–Trinajstić information content (AvgIpc) is 1.82. The van der Waals surface area contributed by atoms with E-state index in [-0.39, 0.29) is 18.6 Å². The fraction of sp³-hybridized carbons (Fsp3) is 0.800. The van der Waals surface area contributed by atoms with Crippen LogP contribution in [0, 0.1) is 0 Å². The van der Waals surface area contributed by atoms with Crippen LogP contribution in [0.2, 0.25) is 0 Å². The highest BCUT2D eigenvalue weighted by Gasteiger charge is 1.99. The Bertz CT molecular complexity index is 225. The molecule has 0 heterocycles. The van der Waals surface area contributed by atoms with Gasteiger partial charge in [-0.05, 0) is 13.8 Å². The highest BCUT2D eigenvalue weighted by molar-refractivity contribution is 7.79. The number of carbonyl (C=O) groups excluding carboxylic acids is 1. The maximum Gasteiger partial charge on any atom is 0.394 e. The molecule has 0 aliphatic rings. The second-order valence-electron chi connectivity index (χ2n) is 2.19. The summed E-state index contributed by atoms with van der Waals surface area (Å²) < 4.78 is 36.2. The lowest BCUT2D eigenvalue weighted by atomic mass is 10.5. The quantitative estimate of drug-likeness (QED) is 0.408. The largest absolute Gasteiger partial charge is 0.462 e. The molecule has 0 fully saturated rings. The highest BCUT2D eigenvalue weighted by atomic mass is 32.3. The molecular formula is C5H13NO6S. The molecule has 0 aromatic carbocycles. The number of rotatable bonds is 2. The van der Waals surface area contributed by atoms with E-state index in [4.69, 9.17) is 23.3 Å². The molecule has 0 saturated heterocycles. The summed E-state index contributed by atoms with van der Waals surface area (Å²) in [4.78, 5) is 10.3. The van der Waals surface area contributed by atoms with Gasteiger partial charge in [0.05, 0.1) is 12.6 Å². The molecule has 8 heteroatoms. The Labute approximate surface area is 76.5 Å². The van der Waals surface area contributed by atoms with E-state index in [1.54, 1.807) is 13.8 Å². The SMILES string of the molecule is CC(C)OC(=O)CN.O=S(=O)(O)O. The lowest BCUT2D eigenvalue weighted by Gasteiger charge is -2.04. The van der Waals surface area contributed by atoms with E-state index in [1.165, 1.54) is 0 Å². The van der Waals surface area contributed by atoms with Crippen molar-refractivity contribution in [3.05, 3.63) is 0 Å². The van der Waals surface area contributed by atoms with Crippen LogP contribution in [0.5, 0.6) is 0 Å². The Morgan fingerprint density at radius 2 is 1.77 bits per heavy atom. The molecule has 0 unspecified atom stereocenters. The molecule has 13 heavy (non-hydrogen) atoms. The van der Waals surface area contributed by atoms with Gasteiger partial charge in [0.2, 0.25) is 0 Å². The van der Waals surface area contributed by atoms with E-state index in [2.05, 4.69) is 4.74 Å². The Morgan fingerprint density at radius 3 is 1.85 bits per heavy atom. The third-order valence-corrected chi connectivity index (χ3v) is 0.534. The van der Waals surface area contributed by atoms with E-state index in [0.717, 1.165) is 0 Å². The minimum Gasteiger partial charge on any atom is -0.462 e. The van der Waals surface area contributed by atoms with Crippen molar-refractivity contribution in [3.8, 4) is 0 Å². The van der Waals surface area contributed by atoms with Crippen LogP contribution in [-0.4, -0.2) is 36.1 Å². The van der Waals surface area contributed by atoms with Crippen LogP contribution < -0.4 is 5.73 Å². The lowest BCUT2D eigenvalue weighted by Crippen LogP contribution is -2.20. The molecule has 7 nitrogen and oxygen atoms in total. The van der Waals surface area contributed by atoms with E-state index >= 15 is 0 Å². The van der Waals surface area contributed by atoms with Crippen LogP contribution >= 0.6 is 0 Å². The van der Waals surface area contributed by atoms with Gasteiger partial charge in [0, 0.05) is 0 Å². The summed E-state index contributed by atoms with van der Waals surface area (Å²) in [7, 11) is -4.67.